The summed E-state index contributed by atoms with van der Waals surface area (Å²) in [5.74, 6) is 0.853. The second kappa shape index (κ2) is 9.92. The predicted octanol–water partition coefficient (Wildman–Crippen LogP) is 6.51. The summed E-state index contributed by atoms with van der Waals surface area (Å²) in [5, 5.41) is 15.2. The Balaban J connectivity index is 1.37. The lowest BCUT2D eigenvalue weighted by molar-refractivity contribution is -0.113. The summed E-state index contributed by atoms with van der Waals surface area (Å²) in [6.07, 6.45) is 1.82. The quantitative estimate of drug-likeness (QED) is 0.193. The number of amides is 1. The number of carbonyl (C=O) groups excluding carboxylic acids is 1. The van der Waals surface area contributed by atoms with E-state index in [9.17, 15) is 4.79 Å². The van der Waals surface area contributed by atoms with Gasteiger partial charge in [0.25, 0.3) is 0 Å². The number of carbonyl (C=O) groups is 1. The van der Waals surface area contributed by atoms with Crippen LogP contribution in [0.4, 0.5) is 5.13 Å². The molecule has 0 spiro atoms. The second-order valence-electron chi connectivity index (χ2n) is 7.48. The first kappa shape index (κ1) is 22.5. The predicted molar refractivity (Wildman–Crippen MR) is 143 cm³/mol. The molecular formula is C25H21N5OS3. The third-order valence-electron chi connectivity index (χ3n) is 5.18. The zero-order chi connectivity index (χ0) is 23.5. The van der Waals surface area contributed by atoms with Crippen LogP contribution in [0.25, 0.3) is 32.7 Å². The van der Waals surface area contributed by atoms with Crippen LogP contribution in [-0.2, 0) is 11.3 Å². The Hall–Kier alpha value is -3.27. The molecule has 9 heteroatoms. The van der Waals surface area contributed by atoms with Crippen molar-refractivity contribution in [2.24, 2.45) is 0 Å². The van der Waals surface area contributed by atoms with Crippen LogP contribution in [0.3, 0.4) is 0 Å². The van der Waals surface area contributed by atoms with Gasteiger partial charge in [-0.1, -0.05) is 71.6 Å². The Morgan fingerprint density at radius 1 is 1.15 bits per heavy atom. The fourth-order valence-electron chi connectivity index (χ4n) is 3.68. The van der Waals surface area contributed by atoms with E-state index in [1.807, 2.05) is 53.1 Å². The summed E-state index contributed by atoms with van der Waals surface area (Å²) in [5.41, 5.74) is 4.22. The molecule has 0 saturated carbocycles. The van der Waals surface area contributed by atoms with Crippen molar-refractivity contribution in [3.8, 4) is 22.5 Å². The fourth-order valence-corrected chi connectivity index (χ4v) is 6.18. The number of nitrogens with one attached hydrogen (secondary N) is 1. The molecule has 1 N–H and O–H groups in total. The van der Waals surface area contributed by atoms with E-state index >= 15 is 0 Å². The molecule has 0 aliphatic heterocycles. The molecule has 0 aliphatic rings. The molecule has 0 radical (unpaired) electrons. The van der Waals surface area contributed by atoms with Gasteiger partial charge in [0.15, 0.2) is 16.1 Å². The van der Waals surface area contributed by atoms with Crippen molar-refractivity contribution in [2.75, 3.05) is 11.1 Å². The van der Waals surface area contributed by atoms with Crippen LogP contribution in [0, 0.1) is 6.92 Å². The smallest absolute Gasteiger partial charge is 0.236 e. The molecular weight excluding hydrogens is 483 g/mol. The number of nitrogens with zero attached hydrogens (tertiary/aromatic N) is 4. The van der Waals surface area contributed by atoms with E-state index in [0.29, 0.717) is 16.8 Å². The van der Waals surface area contributed by atoms with Crippen molar-refractivity contribution < 1.29 is 4.79 Å². The minimum absolute atomic E-state index is 0.130. The number of allylic oxidation sites excluding steroid dienone is 1. The maximum absolute atomic E-state index is 12.6. The summed E-state index contributed by atoms with van der Waals surface area (Å²) in [7, 11) is 0. The second-order valence-corrected chi connectivity index (χ2v) is 10.5. The van der Waals surface area contributed by atoms with E-state index in [2.05, 4.69) is 51.5 Å². The van der Waals surface area contributed by atoms with Gasteiger partial charge in [0.1, 0.15) is 0 Å². The average molecular weight is 504 g/mol. The van der Waals surface area contributed by atoms with Crippen LogP contribution < -0.4 is 5.32 Å². The van der Waals surface area contributed by atoms with Crippen molar-refractivity contribution in [1.29, 1.82) is 0 Å². The summed E-state index contributed by atoms with van der Waals surface area (Å²) < 4.78 is 3.05. The number of hydrogen-bond acceptors (Lipinski definition) is 7. The molecule has 170 valence electrons. The standard InChI is InChI=1S/C25H21N5OS3/c1-3-13-30-23(18-14-32-16(2)22(18)17-9-5-4-6-10-17)28-29-25(30)33-15-21(31)27-24-26-19-11-7-8-12-20(19)34-24/h3-12,14H,1,13,15H2,2H3,(H,26,27,31). The van der Waals surface area contributed by atoms with E-state index in [0.717, 1.165) is 32.7 Å². The molecule has 0 aliphatic carbocycles. The topological polar surface area (TPSA) is 72.7 Å². The number of aromatic nitrogens is 4. The highest BCUT2D eigenvalue weighted by Gasteiger charge is 2.20. The molecule has 3 heterocycles. The largest absolute Gasteiger partial charge is 0.301 e. The number of rotatable bonds is 8. The highest BCUT2D eigenvalue weighted by molar-refractivity contribution is 7.99. The van der Waals surface area contributed by atoms with E-state index in [-0.39, 0.29) is 11.7 Å². The number of thiazole rings is 1. The van der Waals surface area contributed by atoms with E-state index in [1.54, 1.807) is 11.3 Å². The molecule has 0 saturated heterocycles. The van der Waals surface area contributed by atoms with Crippen LogP contribution in [0.15, 0.2) is 77.8 Å². The van der Waals surface area contributed by atoms with E-state index < -0.39 is 0 Å². The third-order valence-corrected chi connectivity index (χ3v) is 8.01. The monoisotopic (exact) mass is 503 g/mol. The number of thiophene rings is 1. The van der Waals surface area contributed by atoms with Crippen molar-refractivity contribution in [1.82, 2.24) is 19.7 Å². The number of para-hydroxylation sites is 1. The molecule has 5 rings (SSSR count). The lowest BCUT2D eigenvalue weighted by Gasteiger charge is -2.09. The zero-order valence-corrected chi connectivity index (χ0v) is 20.8. The maximum Gasteiger partial charge on any atom is 0.236 e. The summed E-state index contributed by atoms with van der Waals surface area (Å²) in [4.78, 5) is 18.3. The molecule has 0 unspecified atom stereocenters. The Morgan fingerprint density at radius 3 is 2.74 bits per heavy atom. The third kappa shape index (κ3) is 4.54. The highest BCUT2D eigenvalue weighted by atomic mass is 32.2. The van der Waals surface area contributed by atoms with Gasteiger partial charge in [-0.3, -0.25) is 9.36 Å². The normalized spacial score (nSPS) is 11.1. The van der Waals surface area contributed by atoms with Gasteiger partial charge >= 0.3 is 0 Å². The molecule has 3 aromatic heterocycles. The number of aryl methyl sites for hydroxylation is 1. The summed E-state index contributed by atoms with van der Waals surface area (Å²) in [6.45, 7) is 6.57. The van der Waals surface area contributed by atoms with Gasteiger partial charge in [-0.05, 0) is 24.6 Å². The molecule has 1 amide bonds. The van der Waals surface area contributed by atoms with Crippen molar-refractivity contribution in [3.05, 3.63) is 77.5 Å². The van der Waals surface area contributed by atoms with E-state index in [4.69, 9.17) is 0 Å². The van der Waals surface area contributed by atoms with Gasteiger partial charge in [-0.15, -0.1) is 28.1 Å². The lowest BCUT2D eigenvalue weighted by Crippen LogP contribution is -2.14. The fraction of sp³-hybridized carbons (Fsp3) is 0.120. The average Bonchev–Trinajstić information content (AvgIpc) is 3.54. The number of anilines is 1. The Kier molecular flexibility index (Phi) is 6.57. The van der Waals surface area contributed by atoms with Gasteiger partial charge < -0.3 is 5.32 Å². The lowest BCUT2D eigenvalue weighted by atomic mass is 10.0. The SMILES string of the molecule is C=CCn1c(SCC(=O)Nc2nc3ccccc3s2)nnc1-c1csc(C)c1-c1ccccc1. The minimum Gasteiger partial charge on any atom is -0.301 e. The van der Waals surface area contributed by atoms with Crippen LogP contribution in [0.5, 0.6) is 0 Å². The Morgan fingerprint density at radius 2 is 1.94 bits per heavy atom. The number of thioether (sulfide) groups is 1. The molecule has 0 bridgehead atoms. The van der Waals surface area contributed by atoms with Crippen molar-refractivity contribution >= 4 is 55.7 Å². The number of hydrogen-bond donors (Lipinski definition) is 1. The van der Waals surface area contributed by atoms with Crippen LogP contribution in [0.2, 0.25) is 0 Å². The van der Waals surface area contributed by atoms with Crippen LogP contribution in [0.1, 0.15) is 4.88 Å². The number of fused-ring (bicyclic) bond motifs is 1. The van der Waals surface area contributed by atoms with Crippen LogP contribution >= 0.6 is 34.4 Å². The molecule has 0 atom stereocenters. The molecule has 2 aromatic carbocycles. The highest BCUT2D eigenvalue weighted by Crippen LogP contribution is 2.39. The number of benzene rings is 2. The molecule has 0 fully saturated rings. The van der Waals surface area contributed by atoms with Gasteiger partial charge in [-0.25, -0.2) is 4.98 Å². The van der Waals surface area contributed by atoms with E-state index in [1.165, 1.54) is 28.0 Å². The first-order valence-corrected chi connectivity index (χ1v) is 13.3. The zero-order valence-electron chi connectivity index (χ0n) is 18.4. The molecule has 34 heavy (non-hydrogen) atoms. The summed E-state index contributed by atoms with van der Waals surface area (Å²) in [6, 6.07) is 18.1. The first-order valence-electron chi connectivity index (χ1n) is 10.6. The first-order chi connectivity index (χ1) is 16.6. The molecule has 5 aromatic rings. The Bertz CT molecular complexity index is 1440. The molecule has 6 nitrogen and oxygen atoms in total. The van der Waals surface area contributed by atoms with Gasteiger partial charge in [0, 0.05) is 27.9 Å². The summed E-state index contributed by atoms with van der Waals surface area (Å²) >= 11 is 4.51. The minimum atomic E-state index is -0.130. The van der Waals surface area contributed by atoms with Crippen LogP contribution in [-0.4, -0.2) is 31.4 Å². The Labute approximate surface area is 209 Å². The van der Waals surface area contributed by atoms with Gasteiger partial charge in [0.2, 0.25) is 5.91 Å². The maximum atomic E-state index is 12.6. The van der Waals surface area contributed by atoms with Gasteiger partial charge in [0.05, 0.1) is 16.0 Å². The van der Waals surface area contributed by atoms with Crippen molar-refractivity contribution in [3.63, 3.8) is 0 Å². The van der Waals surface area contributed by atoms with Gasteiger partial charge in [-0.2, -0.15) is 0 Å². The van der Waals surface area contributed by atoms with Crippen molar-refractivity contribution in [2.45, 2.75) is 18.6 Å².